The number of fused-ring (bicyclic) bond motifs is 1. The van der Waals surface area contributed by atoms with Gasteiger partial charge in [-0.3, -0.25) is 14.2 Å². The van der Waals surface area contributed by atoms with Gasteiger partial charge in [-0.15, -0.1) is 11.3 Å². The smallest absolute Gasteiger partial charge is 0.341 e. The second kappa shape index (κ2) is 5.48. The fourth-order valence-electron chi connectivity index (χ4n) is 4.55. The summed E-state index contributed by atoms with van der Waals surface area (Å²) in [5.41, 5.74) is 5.35. The highest BCUT2D eigenvalue weighted by atomic mass is 32.1. The van der Waals surface area contributed by atoms with Crippen molar-refractivity contribution in [1.29, 1.82) is 0 Å². The third kappa shape index (κ3) is 2.30. The summed E-state index contributed by atoms with van der Waals surface area (Å²) >= 11 is 1.30. The topological polar surface area (TPSA) is 117 Å². The van der Waals surface area contributed by atoms with E-state index in [-0.39, 0.29) is 22.6 Å². The van der Waals surface area contributed by atoms with E-state index in [4.69, 9.17) is 15.6 Å². The molecule has 3 aliphatic carbocycles. The Balaban J connectivity index is 1.71. The van der Waals surface area contributed by atoms with Gasteiger partial charge in [0.25, 0.3) is 5.56 Å². The van der Waals surface area contributed by atoms with Crippen LogP contribution in [0.15, 0.2) is 9.95 Å². The van der Waals surface area contributed by atoms with Crippen molar-refractivity contribution in [3.63, 3.8) is 0 Å². The summed E-state index contributed by atoms with van der Waals surface area (Å²) in [5, 5.41) is 3.54. The average Bonchev–Trinajstić information content (AvgIpc) is 2.84. The number of nitrogens with zero attached hydrogens (tertiary/aromatic N) is 3. The van der Waals surface area contributed by atoms with E-state index in [1.165, 1.54) is 18.3 Å². The second-order valence-electron chi connectivity index (χ2n) is 7.77. The molecule has 2 aromatic heterocycles. The lowest BCUT2D eigenvalue weighted by atomic mass is 9.35. The molecule has 0 amide bonds. The van der Waals surface area contributed by atoms with Gasteiger partial charge in [0.15, 0.2) is 5.78 Å². The largest absolute Gasteiger partial charge is 0.385 e. The fraction of sp³-hybridized carbons (Fsp3) is 0.500. The summed E-state index contributed by atoms with van der Waals surface area (Å²) in [5.74, 6) is 0.325. The molecule has 0 saturated heterocycles. The molecule has 2 aromatic rings. The van der Waals surface area contributed by atoms with Crippen LogP contribution in [-0.4, -0.2) is 27.1 Å². The Morgan fingerprint density at radius 3 is 2.48 bits per heavy atom. The predicted molar refractivity (Wildman–Crippen MR) is 101 cm³/mol. The number of Topliss-reactive ketones (excluding diaryl/α,β-unsaturated/α-hetero) is 1. The first kappa shape index (κ1) is 17.8. The summed E-state index contributed by atoms with van der Waals surface area (Å²) in [4.78, 5) is 47.5. The van der Waals surface area contributed by atoms with Crippen LogP contribution in [0.4, 0.5) is 0 Å². The molecule has 0 unspecified atom stereocenters. The Labute approximate surface area is 159 Å². The number of aromatic nitrogens is 2. The van der Waals surface area contributed by atoms with Crippen LogP contribution in [-0.2, 0) is 22.1 Å². The Bertz CT molecular complexity index is 1090. The van der Waals surface area contributed by atoms with E-state index in [9.17, 15) is 14.4 Å². The number of ketones is 1. The molecule has 0 atom stereocenters. The Morgan fingerprint density at radius 1 is 1.30 bits per heavy atom. The number of nitrogens with two attached hydrogens (primary N) is 1. The van der Waals surface area contributed by atoms with Gasteiger partial charge in [-0.25, -0.2) is 9.78 Å². The van der Waals surface area contributed by atoms with Gasteiger partial charge in [0.1, 0.15) is 16.4 Å². The van der Waals surface area contributed by atoms with E-state index in [1.807, 2.05) is 6.92 Å². The summed E-state index contributed by atoms with van der Waals surface area (Å²) in [6.45, 7) is 4.86. The van der Waals surface area contributed by atoms with Gasteiger partial charge in [-0.2, -0.15) is 0 Å². The van der Waals surface area contributed by atoms with Gasteiger partial charge in [0.05, 0.1) is 16.5 Å². The van der Waals surface area contributed by atoms with Crippen LogP contribution in [0.1, 0.15) is 54.2 Å². The molecule has 142 valence electrons. The first-order chi connectivity index (χ1) is 12.6. The Kier molecular flexibility index (Phi) is 3.62. The molecule has 2 N–H and O–H groups in total. The number of thiophene rings is 1. The highest BCUT2D eigenvalue weighted by molar-refractivity contribution is 7.19. The lowest BCUT2D eigenvalue weighted by Gasteiger charge is -2.67. The second-order valence-corrected chi connectivity index (χ2v) is 8.99. The zero-order valence-corrected chi connectivity index (χ0v) is 16.4. The zero-order chi connectivity index (χ0) is 19.7. The Morgan fingerprint density at radius 2 is 1.93 bits per heavy atom. The molecule has 8 nitrogen and oxygen atoms in total. The molecule has 3 saturated carbocycles. The molecule has 27 heavy (non-hydrogen) atoms. The number of carbonyl (C=O) groups is 2. The number of hydrogen-bond acceptors (Lipinski definition) is 7. The summed E-state index contributed by atoms with van der Waals surface area (Å²) in [7, 11) is 1.69. The fourth-order valence-corrected chi connectivity index (χ4v) is 5.67. The molecule has 9 heteroatoms. The molecule has 0 aliphatic heterocycles. The summed E-state index contributed by atoms with van der Waals surface area (Å²) in [6, 6.07) is 0. The molecule has 0 spiro atoms. The normalized spacial score (nSPS) is 26.4. The molecule has 0 aromatic carbocycles. The minimum Gasteiger partial charge on any atom is -0.385 e. The van der Waals surface area contributed by atoms with Crippen LogP contribution in [0.3, 0.4) is 0 Å². The maximum Gasteiger partial charge on any atom is 0.341 e. The van der Waals surface area contributed by atoms with Crippen molar-refractivity contribution in [3.05, 3.63) is 26.6 Å². The third-order valence-corrected chi connectivity index (χ3v) is 6.74. The number of oxime groups is 1. The minimum absolute atomic E-state index is 0.0990. The molecule has 2 heterocycles. The van der Waals surface area contributed by atoms with E-state index >= 15 is 0 Å². The van der Waals surface area contributed by atoms with Crippen LogP contribution >= 0.6 is 11.3 Å². The minimum atomic E-state index is -0.570. The number of carbonyl (C=O) groups excluding carboxylic acids is 2. The SMILES string of the molecule is CC(=O)c1c(C)sc2c(=O)n(C)c(C34CC(C(=O)O/N=C(/C)N)(C3)C4)nc12. The van der Waals surface area contributed by atoms with Crippen LogP contribution in [0.25, 0.3) is 10.2 Å². The van der Waals surface area contributed by atoms with E-state index < -0.39 is 11.4 Å². The maximum atomic E-state index is 12.8. The van der Waals surface area contributed by atoms with E-state index in [0.717, 1.165) is 4.88 Å². The molecular formula is C18H20N4O4S. The number of rotatable bonds is 4. The average molecular weight is 388 g/mol. The highest BCUT2D eigenvalue weighted by Gasteiger charge is 2.74. The number of aryl methyl sites for hydroxylation is 1. The maximum absolute atomic E-state index is 12.8. The standard InChI is InChI=1S/C18H20N4O4S/c1-8(23)11-9(2)27-13-12(11)20-15(22(4)14(13)24)17-5-18(6-17,7-17)16(25)26-21-10(3)19/h5-7H2,1-4H3,(H2,19,21). The predicted octanol–water partition coefficient (Wildman–Crippen LogP) is 1.76. The van der Waals surface area contributed by atoms with Gasteiger partial charge in [-0.05, 0) is 40.0 Å². The van der Waals surface area contributed by atoms with Crippen LogP contribution in [0.2, 0.25) is 0 Å². The molecule has 5 rings (SSSR count). The number of hydrogen-bond donors (Lipinski definition) is 1. The first-order valence-electron chi connectivity index (χ1n) is 8.63. The number of amidine groups is 1. The van der Waals surface area contributed by atoms with Crippen molar-refractivity contribution in [2.24, 2.45) is 23.4 Å². The van der Waals surface area contributed by atoms with Crippen molar-refractivity contribution >= 4 is 39.1 Å². The van der Waals surface area contributed by atoms with Crippen molar-refractivity contribution in [2.75, 3.05) is 0 Å². The van der Waals surface area contributed by atoms with Crippen molar-refractivity contribution < 1.29 is 14.4 Å². The van der Waals surface area contributed by atoms with Gasteiger partial charge in [-0.1, -0.05) is 5.16 Å². The van der Waals surface area contributed by atoms with Crippen molar-refractivity contribution in [2.45, 2.75) is 45.4 Å². The van der Waals surface area contributed by atoms with E-state index in [1.54, 1.807) is 18.5 Å². The van der Waals surface area contributed by atoms with Crippen molar-refractivity contribution in [1.82, 2.24) is 9.55 Å². The highest BCUT2D eigenvalue weighted by Crippen LogP contribution is 2.73. The lowest BCUT2D eigenvalue weighted by Crippen LogP contribution is -2.69. The van der Waals surface area contributed by atoms with Gasteiger partial charge >= 0.3 is 5.97 Å². The Hall–Kier alpha value is -2.55. The molecule has 2 bridgehead atoms. The third-order valence-electron chi connectivity index (χ3n) is 5.66. The van der Waals surface area contributed by atoms with E-state index in [2.05, 4.69) is 5.16 Å². The monoisotopic (exact) mass is 388 g/mol. The molecule has 3 fully saturated rings. The summed E-state index contributed by atoms with van der Waals surface area (Å²) < 4.78 is 2.05. The molecular weight excluding hydrogens is 368 g/mol. The van der Waals surface area contributed by atoms with Gasteiger partial charge in [0.2, 0.25) is 0 Å². The van der Waals surface area contributed by atoms with Crippen molar-refractivity contribution in [3.8, 4) is 0 Å². The van der Waals surface area contributed by atoms with E-state index in [0.29, 0.717) is 40.9 Å². The van der Waals surface area contributed by atoms with Crippen LogP contribution < -0.4 is 11.3 Å². The molecule has 0 radical (unpaired) electrons. The lowest BCUT2D eigenvalue weighted by molar-refractivity contribution is -0.203. The quantitative estimate of drug-likeness (QED) is 0.280. The van der Waals surface area contributed by atoms with Gasteiger partial charge in [0, 0.05) is 17.3 Å². The van der Waals surface area contributed by atoms with Crippen LogP contribution in [0, 0.1) is 12.3 Å². The summed E-state index contributed by atoms with van der Waals surface area (Å²) in [6.07, 6.45) is 1.67. The van der Waals surface area contributed by atoms with Gasteiger partial charge < -0.3 is 10.6 Å². The molecule has 3 aliphatic rings. The zero-order valence-electron chi connectivity index (χ0n) is 15.6. The van der Waals surface area contributed by atoms with Crippen LogP contribution in [0.5, 0.6) is 0 Å². The first-order valence-corrected chi connectivity index (χ1v) is 9.45.